The Morgan fingerprint density at radius 2 is 1.95 bits per heavy atom. The smallest absolute Gasteiger partial charge is 0.251 e. The van der Waals surface area contributed by atoms with Gasteiger partial charge in [0, 0.05) is 36.1 Å². The van der Waals surface area contributed by atoms with Crippen LogP contribution in [0.15, 0.2) is 42.5 Å². The van der Waals surface area contributed by atoms with E-state index in [1.54, 1.807) is 24.3 Å². The summed E-state index contributed by atoms with van der Waals surface area (Å²) in [7, 11) is 0. The summed E-state index contributed by atoms with van der Waals surface area (Å²) in [5, 5.41) is 24.1. The first-order valence-corrected chi connectivity index (χ1v) is 13.6. The van der Waals surface area contributed by atoms with E-state index in [4.69, 9.17) is 15.5 Å². The summed E-state index contributed by atoms with van der Waals surface area (Å²) in [4.78, 5) is 19.8. The van der Waals surface area contributed by atoms with Crippen LogP contribution in [-0.4, -0.2) is 65.0 Å². The predicted molar refractivity (Wildman–Crippen MR) is 147 cm³/mol. The lowest BCUT2D eigenvalue weighted by molar-refractivity contribution is -0.0371. The van der Waals surface area contributed by atoms with E-state index in [0.717, 1.165) is 0 Å². The highest BCUT2D eigenvalue weighted by Crippen LogP contribution is 2.39. The number of nitrogens with zero attached hydrogens (tertiary/aromatic N) is 2. The number of thiophene rings is 1. The minimum Gasteiger partial charge on any atom is -0.396 e. The van der Waals surface area contributed by atoms with Gasteiger partial charge in [-0.1, -0.05) is 39.0 Å². The molecular formula is C28H35FN4O4S. The van der Waals surface area contributed by atoms with E-state index in [1.807, 2.05) is 32.9 Å². The second-order valence-corrected chi connectivity index (χ2v) is 11.0. The zero-order valence-electron chi connectivity index (χ0n) is 21.9. The Labute approximate surface area is 226 Å². The molecule has 3 atom stereocenters. The zero-order chi connectivity index (χ0) is 27.4. The van der Waals surface area contributed by atoms with E-state index in [1.165, 1.54) is 17.4 Å². The van der Waals surface area contributed by atoms with Gasteiger partial charge in [0.25, 0.3) is 5.91 Å². The summed E-state index contributed by atoms with van der Waals surface area (Å²) >= 11 is 1.21. The van der Waals surface area contributed by atoms with Crippen LogP contribution in [0.5, 0.6) is 0 Å². The third-order valence-corrected chi connectivity index (χ3v) is 7.94. The number of benzene rings is 1. The number of pyridine rings is 1. The van der Waals surface area contributed by atoms with E-state index < -0.39 is 17.8 Å². The molecule has 0 bridgehead atoms. The highest BCUT2D eigenvalue weighted by atomic mass is 32.1. The lowest BCUT2D eigenvalue weighted by atomic mass is 9.95. The van der Waals surface area contributed by atoms with Crippen LogP contribution in [0.1, 0.15) is 54.3 Å². The van der Waals surface area contributed by atoms with Gasteiger partial charge in [-0.25, -0.2) is 9.37 Å². The molecule has 10 heteroatoms. The van der Waals surface area contributed by atoms with Gasteiger partial charge in [-0.3, -0.25) is 9.69 Å². The Hall–Kier alpha value is -2.89. The number of aliphatic hydroxyl groups excluding tert-OH is 2. The summed E-state index contributed by atoms with van der Waals surface area (Å²) < 4.78 is 20.5. The fourth-order valence-electron chi connectivity index (χ4n) is 4.54. The molecule has 5 N–H and O–H groups in total. The van der Waals surface area contributed by atoms with Gasteiger partial charge in [0.2, 0.25) is 0 Å². The molecule has 0 aliphatic carbocycles. The molecule has 1 amide bonds. The van der Waals surface area contributed by atoms with E-state index in [0.29, 0.717) is 58.8 Å². The van der Waals surface area contributed by atoms with E-state index >= 15 is 0 Å². The van der Waals surface area contributed by atoms with Crippen molar-refractivity contribution >= 4 is 28.1 Å². The molecule has 38 heavy (non-hydrogen) atoms. The maximum absolute atomic E-state index is 15.0. The monoisotopic (exact) mass is 542 g/mol. The number of rotatable bonds is 10. The molecule has 204 valence electrons. The van der Waals surface area contributed by atoms with Gasteiger partial charge in [0.15, 0.2) is 0 Å². The number of aliphatic hydroxyl groups is 2. The number of halogens is 1. The average molecular weight is 543 g/mol. The molecule has 2 aromatic heterocycles. The van der Waals surface area contributed by atoms with Crippen molar-refractivity contribution < 1.29 is 24.1 Å². The maximum atomic E-state index is 15.0. The number of aromatic nitrogens is 1. The Morgan fingerprint density at radius 3 is 2.58 bits per heavy atom. The highest BCUT2D eigenvalue weighted by molar-refractivity contribution is 7.19. The van der Waals surface area contributed by atoms with E-state index in [2.05, 4.69) is 10.2 Å². The molecule has 1 saturated heterocycles. The first-order chi connectivity index (χ1) is 18.2. The number of carbonyl (C=O) groups excluding carboxylic acids is 1. The average Bonchev–Trinajstić information content (AvgIpc) is 3.32. The maximum Gasteiger partial charge on any atom is 0.251 e. The van der Waals surface area contributed by atoms with Crippen molar-refractivity contribution in [1.29, 1.82) is 0 Å². The molecule has 1 aliphatic rings. The van der Waals surface area contributed by atoms with Gasteiger partial charge in [0.05, 0.1) is 36.6 Å². The summed E-state index contributed by atoms with van der Waals surface area (Å²) in [6.45, 7) is 8.25. The van der Waals surface area contributed by atoms with Crippen molar-refractivity contribution in [3.63, 3.8) is 0 Å². The first kappa shape index (κ1) is 28.1. The van der Waals surface area contributed by atoms with Gasteiger partial charge in [0.1, 0.15) is 16.6 Å². The van der Waals surface area contributed by atoms with Crippen LogP contribution in [0.25, 0.3) is 10.4 Å². The van der Waals surface area contributed by atoms with E-state index in [9.17, 15) is 19.4 Å². The molecule has 3 unspecified atom stereocenters. The third kappa shape index (κ3) is 6.22. The number of primary amides is 1. The number of ether oxygens (including phenoxy) is 1. The molecule has 1 aliphatic heterocycles. The zero-order valence-corrected chi connectivity index (χ0v) is 22.7. The molecule has 4 rings (SSSR count). The molecule has 3 heterocycles. The summed E-state index contributed by atoms with van der Waals surface area (Å²) in [6, 6.07) is 11.6. The second-order valence-electron chi connectivity index (χ2n) is 9.94. The quantitative estimate of drug-likeness (QED) is 0.302. The minimum atomic E-state index is -0.640. The van der Waals surface area contributed by atoms with Gasteiger partial charge in [-0.05, 0) is 35.7 Å². The largest absolute Gasteiger partial charge is 0.396 e. The third-order valence-electron chi connectivity index (χ3n) is 6.86. The summed E-state index contributed by atoms with van der Waals surface area (Å²) in [6.07, 6.45) is -0.634. The number of hydrogen-bond acceptors (Lipinski definition) is 8. The van der Waals surface area contributed by atoms with Crippen molar-refractivity contribution in [3.8, 4) is 10.4 Å². The van der Waals surface area contributed by atoms with Gasteiger partial charge < -0.3 is 26.0 Å². The number of morpholine rings is 1. The SMILES string of the molecule is CC(CO)c1ccc(-c2cc(C(N)=O)c(Nc3cccc(C(C(O)C(C)C)N4CCOCC4)n3)s2)c(F)c1. The van der Waals surface area contributed by atoms with Gasteiger partial charge in [-0.2, -0.15) is 0 Å². The molecule has 3 aromatic rings. The van der Waals surface area contributed by atoms with Crippen LogP contribution in [0.4, 0.5) is 15.2 Å². The number of carbonyl (C=O) groups is 1. The molecule has 0 spiro atoms. The van der Waals surface area contributed by atoms with Crippen molar-refractivity contribution in [3.05, 3.63) is 65.1 Å². The van der Waals surface area contributed by atoms with Crippen molar-refractivity contribution in [2.75, 3.05) is 38.2 Å². The summed E-state index contributed by atoms with van der Waals surface area (Å²) in [5.74, 6) is -0.764. The molecule has 0 saturated carbocycles. The van der Waals surface area contributed by atoms with Crippen LogP contribution in [0.2, 0.25) is 0 Å². The lowest BCUT2D eigenvalue weighted by Gasteiger charge is -2.38. The topological polar surface area (TPSA) is 121 Å². The molecule has 1 aromatic carbocycles. The second kappa shape index (κ2) is 12.3. The van der Waals surface area contributed by atoms with Gasteiger partial charge >= 0.3 is 0 Å². The normalized spacial score (nSPS) is 16.8. The fourth-order valence-corrected chi connectivity index (χ4v) is 5.64. The number of nitrogens with one attached hydrogen (secondary N) is 1. The molecular weight excluding hydrogens is 507 g/mol. The van der Waals surface area contributed by atoms with Crippen LogP contribution < -0.4 is 11.1 Å². The van der Waals surface area contributed by atoms with Gasteiger partial charge in [-0.15, -0.1) is 11.3 Å². The van der Waals surface area contributed by atoms with E-state index in [-0.39, 0.29) is 30.0 Å². The lowest BCUT2D eigenvalue weighted by Crippen LogP contribution is -2.45. The highest BCUT2D eigenvalue weighted by Gasteiger charge is 2.32. The standard InChI is InChI=1S/C28H35FN4O4S/c1-16(2)26(35)25(33-9-11-37-12-10-33)22-5-4-6-24(31-22)32-28-20(27(30)36)14-23(38-28)19-8-7-18(13-21(19)29)17(3)15-34/h4-8,13-14,16-17,25-26,34-35H,9-12,15H2,1-3H3,(H2,30,36)(H,31,32). The Balaban J connectivity index is 1.65. The van der Waals surface area contributed by atoms with Crippen LogP contribution in [0, 0.1) is 11.7 Å². The van der Waals surface area contributed by atoms with Crippen molar-refractivity contribution in [2.24, 2.45) is 11.7 Å². The number of nitrogens with two attached hydrogens (primary N) is 1. The molecule has 1 fully saturated rings. The predicted octanol–water partition coefficient (Wildman–Crippen LogP) is 4.28. The molecule has 0 radical (unpaired) electrons. The minimum absolute atomic E-state index is 0.0178. The van der Waals surface area contributed by atoms with Crippen molar-refractivity contribution in [1.82, 2.24) is 9.88 Å². The van der Waals surface area contributed by atoms with Crippen molar-refractivity contribution in [2.45, 2.75) is 38.8 Å². The number of amides is 1. The molecule has 8 nitrogen and oxygen atoms in total. The fraction of sp³-hybridized carbons (Fsp3) is 0.429. The van der Waals surface area contributed by atoms with Crippen LogP contribution in [-0.2, 0) is 4.74 Å². The Bertz CT molecular complexity index is 1260. The number of anilines is 2. The van der Waals surface area contributed by atoms with Crippen LogP contribution >= 0.6 is 11.3 Å². The Morgan fingerprint density at radius 1 is 1.21 bits per heavy atom. The Kier molecular flexibility index (Phi) is 9.11. The summed E-state index contributed by atoms with van der Waals surface area (Å²) in [5.41, 5.74) is 7.63. The first-order valence-electron chi connectivity index (χ1n) is 12.8. The van der Waals surface area contributed by atoms with Crippen LogP contribution in [0.3, 0.4) is 0 Å². The number of hydrogen-bond donors (Lipinski definition) is 4.